The molecule has 208 valence electrons. The third-order valence-electron chi connectivity index (χ3n) is 7.59. The van der Waals surface area contributed by atoms with Gasteiger partial charge >= 0.3 is 6.09 Å². The summed E-state index contributed by atoms with van der Waals surface area (Å²) >= 11 is 0. The van der Waals surface area contributed by atoms with Crippen molar-refractivity contribution in [2.75, 3.05) is 13.7 Å². The van der Waals surface area contributed by atoms with Crippen LogP contribution in [0.2, 0.25) is 0 Å². The van der Waals surface area contributed by atoms with E-state index in [0.29, 0.717) is 25.9 Å². The number of carbonyl (C=O) groups is 1. The van der Waals surface area contributed by atoms with E-state index in [9.17, 15) is 14.7 Å². The second-order valence-electron chi connectivity index (χ2n) is 11.8. The number of hydrogen-bond donors (Lipinski definition) is 1. The van der Waals surface area contributed by atoms with E-state index in [1.54, 1.807) is 42.7 Å². The van der Waals surface area contributed by atoms with Crippen LogP contribution in [0.15, 0.2) is 77.7 Å². The number of amides is 1. The monoisotopic (exact) mass is 532 g/mol. The van der Waals surface area contributed by atoms with Crippen LogP contribution < -0.4 is 5.56 Å². The number of aliphatic hydroxyl groups is 1. The van der Waals surface area contributed by atoms with E-state index >= 15 is 0 Å². The largest absolute Gasteiger partial charge is 0.438 e. The van der Waals surface area contributed by atoms with Crippen LogP contribution in [0.5, 0.6) is 0 Å². The van der Waals surface area contributed by atoms with Gasteiger partial charge < -0.3 is 24.0 Å². The smallest absolute Gasteiger partial charge is 0.411 e. The summed E-state index contributed by atoms with van der Waals surface area (Å²) in [7, 11) is 1.64. The van der Waals surface area contributed by atoms with Gasteiger partial charge in [-0.3, -0.25) is 4.79 Å². The molecule has 2 heterocycles. The fraction of sp³-hybridized carbons (Fsp3) is 0.438. The summed E-state index contributed by atoms with van der Waals surface area (Å²) in [5.41, 5.74) is 1.23. The standard InChI is InChI=1S/C32H40N2O5/c1-23(34-19-17-32(39-29(34)36,21-30(2,3)37)27-10-8-7-9-11-27)24-12-14-25(15-13-24)26-16-18-33(28(35)20-26)22-31(4,5)38-6/h7-16,18,20,23,37H,17,19,21-22H2,1-6H3. The Hall–Kier alpha value is -3.42. The Morgan fingerprint density at radius 1 is 1.00 bits per heavy atom. The van der Waals surface area contributed by atoms with Crippen molar-refractivity contribution in [3.8, 4) is 11.1 Å². The molecule has 1 aliphatic rings. The Morgan fingerprint density at radius 3 is 2.23 bits per heavy atom. The van der Waals surface area contributed by atoms with Gasteiger partial charge in [0.1, 0.15) is 5.60 Å². The first-order chi connectivity index (χ1) is 18.3. The van der Waals surface area contributed by atoms with Crippen molar-refractivity contribution in [1.82, 2.24) is 9.47 Å². The highest BCUT2D eigenvalue weighted by Crippen LogP contribution is 2.42. The average Bonchev–Trinajstić information content (AvgIpc) is 2.89. The number of aromatic nitrogens is 1. The molecule has 0 bridgehead atoms. The lowest BCUT2D eigenvalue weighted by Crippen LogP contribution is -2.51. The second-order valence-corrected chi connectivity index (χ2v) is 11.8. The third-order valence-corrected chi connectivity index (χ3v) is 7.59. The molecule has 1 aromatic heterocycles. The molecule has 2 unspecified atom stereocenters. The van der Waals surface area contributed by atoms with Crippen LogP contribution in [-0.2, 0) is 21.6 Å². The van der Waals surface area contributed by atoms with Gasteiger partial charge in [0.15, 0.2) is 0 Å². The molecule has 7 nitrogen and oxygen atoms in total. The van der Waals surface area contributed by atoms with E-state index < -0.39 is 22.9 Å². The van der Waals surface area contributed by atoms with Crippen molar-refractivity contribution >= 4 is 6.09 Å². The van der Waals surface area contributed by atoms with Crippen LogP contribution in [0, 0.1) is 0 Å². The fourth-order valence-electron chi connectivity index (χ4n) is 5.32. The van der Waals surface area contributed by atoms with Crippen molar-refractivity contribution in [3.05, 3.63) is 94.4 Å². The first-order valence-electron chi connectivity index (χ1n) is 13.5. The number of ether oxygens (including phenoxy) is 2. The molecular weight excluding hydrogens is 492 g/mol. The van der Waals surface area contributed by atoms with Crippen LogP contribution >= 0.6 is 0 Å². The fourth-order valence-corrected chi connectivity index (χ4v) is 5.32. The molecule has 0 aliphatic carbocycles. The maximum Gasteiger partial charge on any atom is 0.411 e. The van der Waals surface area contributed by atoms with Gasteiger partial charge in [-0.25, -0.2) is 4.79 Å². The Morgan fingerprint density at radius 2 is 1.67 bits per heavy atom. The van der Waals surface area contributed by atoms with E-state index in [1.807, 2.05) is 81.4 Å². The zero-order chi connectivity index (χ0) is 28.4. The van der Waals surface area contributed by atoms with Gasteiger partial charge in [-0.05, 0) is 62.9 Å². The minimum absolute atomic E-state index is 0.0842. The number of cyclic esters (lactones) is 1. The molecule has 0 spiro atoms. The normalized spacial score (nSPS) is 19.1. The van der Waals surface area contributed by atoms with Gasteiger partial charge in [-0.2, -0.15) is 0 Å². The Labute approximate surface area is 231 Å². The highest BCUT2D eigenvalue weighted by molar-refractivity contribution is 5.70. The topological polar surface area (TPSA) is 81.0 Å². The van der Waals surface area contributed by atoms with Gasteiger partial charge in [-0.15, -0.1) is 0 Å². The van der Waals surface area contributed by atoms with Crippen LogP contribution in [0.3, 0.4) is 0 Å². The summed E-state index contributed by atoms with van der Waals surface area (Å²) < 4.78 is 13.2. The van der Waals surface area contributed by atoms with Gasteiger partial charge in [0.2, 0.25) is 0 Å². The van der Waals surface area contributed by atoms with E-state index in [1.165, 1.54) is 0 Å². The van der Waals surface area contributed by atoms with Crippen LogP contribution in [0.4, 0.5) is 4.79 Å². The van der Waals surface area contributed by atoms with Gasteiger partial charge in [0, 0.05) is 38.8 Å². The SMILES string of the molecule is COC(C)(C)Cn1ccc(-c2ccc(C(C)N3CCC(CC(C)(C)O)(c4ccccc4)OC3=O)cc2)cc1=O. The molecule has 2 atom stereocenters. The molecule has 2 aromatic carbocycles. The lowest BCUT2D eigenvalue weighted by molar-refractivity contribution is -0.101. The number of pyridine rings is 1. The maximum absolute atomic E-state index is 13.3. The predicted molar refractivity (Wildman–Crippen MR) is 152 cm³/mol. The van der Waals surface area contributed by atoms with Crippen LogP contribution in [-0.4, -0.2) is 45.5 Å². The molecule has 1 saturated heterocycles. The van der Waals surface area contributed by atoms with Crippen LogP contribution in [0.25, 0.3) is 11.1 Å². The van der Waals surface area contributed by atoms with Crippen molar-refractivity contribution < 1.29 is 19.4 Å². The predicted octanol–water partition coefficient (Wildman–Crippen LogP) is 5.90. The van der Waals surface area contributed by atoms with Gasteiger partial charge in [0.05, 0.1) is 23.8 Å². The molecule has 0 radical (unpaired) electrons. The number of hydrogen-bond acceptors (Lipinski definition) is 5. The minimum Gasteiger partial charge on any atom is -0.438 e. The maximum atomic E-state index is 13.3. The minimum atomic E-state index is -1.000. The Kier molecular flexibility index (Phi) is 8.05. The van der Waals surface area contributed by atoms with Gasteiger partial charge in [0.25, 0.3) is 5.56 Å². The summed E-state index contributed by atoms with van der Waals surface area (Å²) in [5.74, 6) is 0. The van der Waals surface area contributed by atoms with Crippen molar-refractivity contribution in [3.63, 3.8) is 0 Å². The Bertz CT molecular complexity index is 1340. The van der Waals surface area contributed by atoms with E-state index in [-0.39, 0.29) is 11.6 Å². The lowest BCUT2D eigenvalue weighted by atomic mass is 9.80. The van der Waals surface area contributed by atoms with E-state index in [0.717, 1.165) is 22.3 Å². The highest BCUT2D eigenvalue weighted by Gasteiger charge is 2.46. The van der Waals surface area contributed by atoms with Gasteiger partial charge in [-0.1, -0.05) is 54.6 Å². The van der Waals surface area contributed by atoms with Crippen molar-refractivity contribution in [2.24, 2.45) is 0 Å². The molecule has 3 aromatic rings. The first-order valence-corrected chi connectivity index (χ1v) is 13.5. The molecule has 1 fully saturated rings. The number of benzene rings is 2. The molecule has 1 amide bonds. The summed E-state index contributed by atoms with van der Waals surface area (Å²) in [6.07, 6.45) is 2.29. The molecule has 0 saturated carbocycles. The first kappa shape index (κ1) is 28.6. The number of nitrogens with zero attached hydrogens (tertiary/aromatic N) is 2. The second kappa shape index (κ2) is 11.0. The quantitative estimate of drug-likeness (QED) is 0.371. The van der Waals surface area contributed by atoms with Crippen molar-refractivity contribution in [2.45, 2.75) is 76.9 Å². The molecule has 4 rings (SSSR count). The molecule has 39 heavy (non-hydrogen) atoms. The molecule has 7 heteroatoms. The average molecular weight is 533 g/mol. The molecular formula is C32H40N2O5. The lowest BCUT2D eigenvalue weighted by Gasteiger charge is -2.45. The van der Waals surface area contributed by atoms with Crippen molar-refractivity contribution in [1.29, 1.82) is 0 Å². The number of carbonyl (C=O) groups excluding carboxylic acids is 1. The van der Waals surface area contributed by atoms with E-state index in [2.05, 4.69) is 0 Å². The molecule has 1 N–H and O–H groups in total. The highest BCUT2D eigenvalue weighted by atomic mass is 16.6. The molecule has 1 aliphatic heterocycles. The Balaban J connectivity index is 1.50. The summed E-state index contributed by atoms with van der Waals surface area (Å²) in [6.45, 7) is 10.3. The number of methoxy groups -OCH3 is 1. The zero-order valence-electron chi connectivity index (χ0n) is 23.8. The third kappa shape index (κ3) is 6.60. The summed E-state index contributed by atoms with van der Waals surface area (Å²) in [5, 5.41) is 10.6. The van der Waals surface area contributed by atoms with Crippen LogP contribution in [0.1, 0.15) is 64.6 Å². The number of rotatable bonds is 9. The summed E-state index contributed by atoms with van der Waals surface area (Å²) in [6, 6.07) is 21.0. The zero-order valence-corrected chi connectivity index (χ0v) is 23.8. The van der Waals surface area contributed by atoms with E-state index in [4.69, 9.17) is 9.47 Å². The summed E-state index contributed by atoms with van der Waals surface area (Å²) in [4.78, 5) is 27.8.